The second kappa shape index (κ2) is 13.2. The smallest absolute Gasteiger partial charge is 0.0270 e. The van der Waals surface area contributed by atoms with E-state index in [1.54, 1.807) is 0 Å². The van der Waals surface area contributed by atoms with E-state index in [2.05, 4.69) is 175 Å². The molecule has 3 rings (SSSR count). The summed E-state index contributed by atoms with van der Waals surface area (Å²) in [5.41, 5.74) is 4.44. The van der Waals surface area contributed by atoms with Crippen LogP contribution in [0.5, 0.6) is 0 Å². The van der Waals surface area contributed by atoms with Crippen LogP contribution >= 0.6 is 0 Å². The van der Waals surface area contributed by atoms with E-state index in [0.717, 1.165) is 12.8 Å². The molecule has 2 heterocycles. The van der Waals surface area contributed by atoms with Crippen molar-refractivity contribution in [2.24, 2.45) is 38.4 Å². The third-order valence-corrected chi connectivity index (χ3v) is 14.2. The number of benzene rings is 1. The van der Waals surface area contributed by atoms with Gasteiger partial charge < -0.3 is 0 Å². The standard InChI is InChI=1S/C44H68N2/c1-32(36(33-22-26-45-27-23-33)30-41(10,11)38(2,3)4)40(8,9)31-37(34-24-28-46-29-25-34)42(12,13)43(14,15)44(16,39(5,6)7)35-20-18-17-19-21-35/h17-29,32,36-37H,30-31H2,1-16H3. The van der Waals surface area contributed by atoms with Crippen molar-refractivity contribution in [3.05, 3.63) is 96.1 Å². The normalized spacial score (nSPS) is 17.2. The van der Waals surface area contributed by atoms with E-state index in [1.807, 2.05) is 24.8 Å². The van der Waals surface area contributed by atoms with Gasteiger partial charge in [0.2, 0.25) is 0 Å². The van der Waals surface area contributed by atoms with E-state index in [4.69, 9.17) is 0 Å². The largest absolute Gasteiger partial charge is 0.265 e. The zero-order valence-electron chi connectivity index (χ0n) is 32.5. The molecule has 4 unspecified atom stereocenters. The fourth-order valence-corrected chi connectivity index (χ4v) is 8.27. The number of hydrogen-bond acceptors (Lipinski definition) is 2. The van der Waals surface area contributed by atoms with Gasteiger partial charge in [0, 0.05) is 30.2 Å². The lowest BCUT2D eigenvalue weighted by atomic mass is 9.41. The Labute approximate surface area is 284 Å². The quantitative estimate of drug-likeness (QED) is 0.200. The Morgan fingerprint density at radius 1 is 0.543 bits per heavy atom. The molecule has 0 N–H and O–H groups in total. The molecule has 0 bridgehead atoms. The van der Waals surface area contributed by atoms with Gasteiger partial charge in [0.25, 0.3) is 0 Å². The molecule has 0 saturated heterocycles. The monoisotopic (exact) mass is 625 g/mol. The summed E-state index contributed by atoms with van der Waals surface area (Å²) in [6, 6.07) is 20.4. The topological polar surface area (TPSA) is 25.8 Å². The molecule has 0 radical (unpaired) electrons. The van der Waals surface area contributed by atoms with Crippen LogP contribution in [0.1, 0.15) is 152 Å². The van der Waals surface area contributed by atoms with Gasteiger partial charge in [-0.05, 0) is 104 Å². The first kappa shape index (κ1) is 38.0. The molecule has 0 saturated carbocycles. The number of nitrogens with zero attached hydrogens (tertiary/aromatic N) is 2. The van der Waals surface area contributed by atoms with Crippen molar-refractivity contribution in [1.29, 1.82) is 0 Å². The van der Waals surface area contributed by atoms with Crippen molar-refractivity contribution < 1.29 is 0 Å². The average molecular weight is 625 g/mol. The first-order valence-corrected chi connectivity index (χ1v) is 17.8. The highest BCUT2D eigenvalue weighted by Crippen LogP contribution is 2.65. The van der Waals surface area contributed by atoms with Crippen LogP contribution < -0.4 is 0 Å². The molecule has 4 atom stereocenters. The van der Waals surface area contributed by atoms with Crippen molar-refractivity contribution in [3.63, 3.8) is 0 Å². The second-order valence-electron chi connectivity index (χ2n) is 19.1. The summed E-state index contributed by atoms with van der Waals surface area (Å²) in [5, 5.41) is 0. The maximum atomic E-state index is 4.46. The molecule has 0 aliphatic heterocycles. The van der Waals surface area contributed by atoms with Gasteiger partial charge in [-0.2, -0.15) is 0 Å². The van der Waals surface area contributed by atoms with E-state index in [1.165, 1.54) is 16.7 Å². The fraction of sp³-hybridized carbons (Fsp3) is 0.636. The lowest BCUT2D eigenvalue weighted by Gasteiger charge is -2.62. The van der Waals surface area contributed by atoms with Gasteiger partial charge in [-0.1, -0.05) is 141 Å². The molecular weight excluding hydrogens is 556 g/mol. The highest BCUT2D eigenvalue weighted by Gasteiger charge is 2.59. The minimum atomic E-state index is -0.0951. The number of aromatic nitrogens is 2. The van der Waals surface area contributed by atoms with Crippen LogP contribution in [0, 0.1) is 38.4 Å². The van der Waals surface area contributed by atoms with Gasteiger partial charge in [0.05, 0.1) is 0 Å². The summed E-state index contributed by atoms with van der Waals surface area (Å²) in [6.45, 7) is 39.7. The molecule has 2 nitrogen and oxygen atoms in total. The third-order valence-electron chi connectivity index (χ3n) is 14.2. The van der Waals surface area contributed by atoms with Crippen LogP contribution in [-0.4, -0.2) is 9.97 Å². The van der Waals surface area contributed by atoms with E-state index >= 15 is 0 Å². The van der Waals surface area contributed by atoms with Crippen LogP contribution in [0.25, 0.3) is 0 Å². The lowest BCUT2D eigenvalue weighted by molar-refractivity contribution is -0.0649. The highest BCUT2D eigenvalue weighted by molar-refractivity contribution is 5.33. The predicted molar refractivity (Wildman–Crippen MR) is 200 cm³/mol. The van der Waals surface area contributed by atoms with Crippen LogP contribution in [0.2, 0.25) is 0 Å². The van der Waals surface area contributed by atoms with Crippen LogP contribution in [0.15, 0.2) is 79.4 Å². The van der Waals surface area contributed by atoms with Crippen LogP contribution in [0.3, 0.4) is 0 Å². The zero-order valence-corrected chi connectivity index (χ0v) is 32.5. The lowest BCUT2D eigenvalue weighted by Crippen LogP contribution is -2.57. The molecule has 0 fully saturated rings. The van der Waals surface area contributed by atoms with Crippen molar-refractivity contribution in [2.75, 3.05) is 0 Å². The Hall–Kier alpha value is -2.48. The molecule has 3 aromatic rings. The van der Waals surface area contributed by atoms with Crippen molar-refractivity contribution in [2.45, 2.75) is 141 Å². The molecule has 1 aromatic carbocycles. The number of hydrogen-bond donors (Lipinski definition) is 0. The van der Waals surface area contributed by atoms with Crippen molar-refractivity contribution in [1.82, 2.24) is 9.97 Å². The molecule has 0 amide bonds. The number of pyridine rings is 2. The molecule has 254 valence electrons. The van der Waals surface area contributed by atoms with Crippen molar-refractivity contribution >= 4 is 0 Å². The van der Waals surface area contributed by atoms with Crippen LogP contribution in [0.4, 0.5) is 0 Å². The zero-order chi connectivity index (χ0) is 35.0. The minimum absolute atomic E-state index is 0.0334. The Morgan fingerprint density at radius 3 is 1.43 bits per heavy atom. The summed E-state index contributed by atoms with van der Waals surface area (Å²) in [6.07, 6.45) is 10.2. The van der Waals surface area contributed by atoms with Gasteiger partial charge in [-0.25, -0.2) is 0 Å². The van der Waals surface area contributed by atoms with Gasteiger partial charge in [0.15, 0.2) is 0 Å². The molecule has 46 heavy (non-hydrogen) atoms. The van der Waals surface area contributed by atoms with E-state index < -0.39 is 0 Å². The summed E-state index contributed by atoms with van der Waals surface area (Å²) < 4.78 is 0. The molecule has 2 aromatic heterocycles. The maximum Gasteiger partial charge on any atom is 0.0270 e. The van der Waals surface area contributed by atoms with E-state index in [0.29, 0.717) is 17.8 Å². The first-order chi connectivity index (χ1) is 20.9. The predicted octanol–water partition coefficient (Wildman–Crippen LogP) is 12.9. The summed E-state index contributed by atoms with van der Waals surface area (Å²) in [4.78, 5) is 8.87. The molecular formula is C44H68N2. The molecule has 0 spiro atoms. The van der Waals surface area contributed by atoms with E-state index in [-0.39, 0.29) is 37.9 Å². The second-order valence-corrected chi connectivity index (χ2v) is 19.1. The SMILES string of the molecule is CC(C(CC(C)(C)C(C)(C)C)c1ccncc1)C(C)(C)CC(c1ccncc1)C(C)(C)C(C)(C)C(C)(c1ccccc1)C(C)(C)C. The Balaban J connectivity index is 2.18. The first-order valence-electron chi connectivity index (χ1n) is 17.8. The average Bonchev–Trinajstić information content (AvgIpc) is 2.97. The Kier molecular flexibility index (Phi) is 10.9. The van der Waals surface area contributed by atoms with Gasteiger partial charge in [-0.3, -0.25) is 9.97 Å². The molecule has 2 heteroatoms. The minimum Gasteiger partial charge on any atom is -0.265 e. The van der Waals surface area contributed by atoms with Gasteiger partial charge >= 0.3 is 0 Å². The highest BCUT2D eigenvalue weighted by atomic mass is 14.6. The van der Waals surface area contributed by atoms with Gasteiger partial charge in [0.1, 0.15) is 0 Å². The summed E-state index contributed by atoms with van der Waals surface area (Å²) in [7, 11) is 0. The molecule has 0 aliphatic carbocycles. The van der Waals surface area contributed by atoms with Crippen LogP contribution in [-0.2, 0) is 5.41 Å². The fourth-order valence-electron chi connectivity index (χ4n) is 8.27. The van der Waals surface area contributed by atoms with Crippen molar-refractivity contribution in [3.8, 4) is 0 Å². The van der Waals surface area contributed by atoms with E-state index in [9.17, 15) is 0 Å². The maximum absolute atomic E-state index is 4.46. The summed E-state index contributed by atoms with van der Waals surface area (Å²) >= 11 is 0. The number of rotatable bonds is 12. The Morgan fingerprint density at radius 2 is 1.00 bits per heavy atom. The van der Waals surface area contributed by atoms with Gasteiger partial charge in [-0.15, -0.1) is 0 Å². The Bertz CT molecular complexity index is 1370. The third kappa shape index (κ3) is 7.17. The summed E-state index contributed by atoms with van der Waals surface area (Å²) in [5.74, 6) is 1.19. The molecule has 0 aliphatic rings.